The molecule has 0 unspecified atom stereocenters. The summed E-state index contributed by atoms with van der Waals surface area (Å²) in [6.45, 7) is 0.0490. The number of nitrogens with one attached hydrogen (secondary N) is 1. The molecule has 0 saturated carbocycles. The van der Waals surface area contributed by atoms with Crippen LogP contribution in [0.2, 0.25) is 5.02 Å². The van der Waals surface area contributed by atoms with Gasteiger partial charge in [-0.15, -0.1) is 0 Å². The number of nitrogens with zero attached hydrogens (tertiary/aromatic N) is 3. The molecule has 2 aliphatic rings. The van der Waals surface area contributed by atoms with Crippen molar-refractivity contribution in [1.82, 2.24) is 19.7 Å². The van der Waals surface area contributed by atoms with E-state index >= 15 is 0 Å². The Hall–Kier alpha value is -3.99. The summed E-state index contributed by atoms with van der Waals surface area (Å²) in [4.78, 5) is 53.1. The number of halogens is 3. The molecule has 0 spiro atoms. The van der Waals surface area contributed by atoms with Gasteiger partial charge in [-0.25, -0.2) is 8.78 Å². The predicted molar refractivity (Wildman–Crippen MR) is 146 cm³/mol. The minimum atomic E-state index is -1.39. The fourth-order valence-corrected chi connectivity index (χ4v) is 5.87. The third-order valence-corrected chi connectivity index (χ3v) is 8.01. The molecule has 2 N–H and O–H groups in total. The zero-order chi connectivity index (χ0) is 29.3. The van der Waals surface area contributed by atoms with Gasteiger partial charge in [-0.3, -0.25) is 19.2 Å². The van der Waals surface area contributed by atoms with Crippen molar-refractivity contribution in [3.8, 4) is 0 Å². The van der Waals surface area contributed by atoms with Crippen molar-refractivity contribution in [2.45, 2.75) is 57.5 Å². The van der Waals surface area contributed by atoms with Crippen LogP contribution in [-0.2, 0) is 45.2 Å². The molecule has 1 fully saturated rings. The maximum Gasteiger partial charge on any atom is 0.303 e. The molecular formula is C29H29ClF2N4O5. The number of hydrogen-bond donors (Lipinski definition) is 2. The number of para-hydroxylation sites is 1. The lowest BCUT2D eigenvalue weighted by molar-refractivity contribution is -0.141. The second kappa shape index (κ2) is 11.9. The number of rotatable bonds is 8. The van der Waals surface area contributed by atoms with Crippen LogP contribution >= 0.6 is 11.6 Å². The monoisotopic (exact) mass is 586 g/mol. The minimum absolute atomic E-state index is 0.0809. The smallest absolute Gasteiger partial charge is 0.303 e. The Balaban J connectivity index is 1.35. The van der Waals surface area contributed by atoms with Crippen molar-refractivity contribution >= 4 is 46.2 Å². The van der Waals surface area contributed by atoms with Crippen LogP contribution < -0.4 is 5.32 Å². The highest BCUT2D eigenvalue weighted by molar-refractivity contribution is 6.30. The number of hydrogen-bond acceptors (Lipinski definition) is 4. The van der Waals surface area contributed by atoms with Crippen LogP contribution in [0.25, 0.3) is 10.9 Å². The number of carbonyl (C=O) groups is 4. The number of benzene rings is 2. The number of fused-ring (bicyclic) bond motifs is 3. The van der Waals surface area contributed by atoms with E-state index in [0.29, 0.717) is 13.0 Å². The van der Waals surface area contributed by atoms with E-state index in [4.69, 9.17) is 16.7 Å². The average Bonchev–Trinajstić information content (AvgIpc) is 3.50. The van der Waals surface area contributed by atoms with Crippen LogP contribution in [0.1, 0.15) is 36.1 Å². The Labute approximate surface area is 239 Å². The van der Waals surface area contributed by atoms with Crippen molar-refractivity contribution < 1.29 is 33.1 Å². The molecule has 2 aliphatic heterocycles. The summed E-state index contributed by atoms with van der Waals surface area (Å²) in [5.74, 6) is -3.04. The van der Waals surface area contributed by atoms with Gasteiger partial charge in [-0.2, -0.15) is 0 Å². The van der Waals surface area contributed by atoms with Crippen molar-refractivity contribution in [3.05, 3.63) is 70.1 Å². The van der Waals surface area contributed by atoms with E-state index in [1.165, 1.54) is 17.0 Å². The number of carbonyl (C=O) groups excluding carboxylic acids is 3. The molecule has 0 aliphatic carbocycles. The van der Waals surface area contributed by atoms with Crippen LogP contribution in [0, 0.1) is 5.82 Å². The number of carboxylic acids is 1. The molecule has 0 bridgehead atoms. The van der Waals surface area contributed by atoms with Gasteiger partial charge < -0.3 is 24.8 Å². The average molecular weight is 587 g/mol. The number of aliphatic carboxylic acids is 1. The summed E-state index contributed by atoms with van der Waals surface area (Å²) >= 11 is 5.82. The first-order valence-corrected chi connectivity index (χ1v) is 13.7. The molecule has 1 saturated heterocycles. The molecule has 3 heterocycles. The van der Waals surface area contributed by atoms with E-state index in [1.54, 1.807) is 15.5 Å². The molecule has 41 heavy (non-hydrogen) atoms. The third kappa shape index (κ3) is 5.90. The summed E-state index contributed by atoms with van der Waals surface area (Å²) in [6, 6.07) is 10.9. The molecule has 3 aromatic rings. The molecule has 12 heteroatoms. The summed E-state index contributed by atoms with van der Waals surface area (Å²) in [7, 11) is 0. The molecule has 9 nitrogen and oxygen atoms in total. The molecule has 2 atom stereocenters. The molecule has 5 rings (SSSR count). The van der Waals surface area contributed by atoms with Gasteiger partial charge in [0.1, 0.15) is 24.6 Å². The highest BCUT2D eigenvalue weighted by Crippen LogP contribution is 2.32. The molecular weight excluding hydrogens is 558 g/mol. The molecule has 216 valence electrons. The molecule has 2 aromatic carbocycles. The van der Waals surface area contributed by atoms with Crippen molar-refractivity contribution in [2.75, 3.05) is 13.1 Å². The fraction of sp³-hybridized carbons (Fsp3) is 0.379. The quantitative estimate of drug-likeness (QED) is 0.420. The normalized spacial score (nSPS) is 18.4. The lowest BCUT2D eigenvalue weighted by Crippen LogP contribution is -2.47. The Morgan fingerprint density at radius 2 is 1.83 bits per heavy atom. The number of amides is 3. The van der Waals surface area contributed by atoms with Gasteiger partial charge in [0.25, 0.3) is 0 Å². The first-order valence-electron chi connectivity index (χ1n) is 13.4. The van der Waals surface area contributed by atoms with E-state index in [-0.39, 0.29) is 61.9 Å². The minimum Gasteiger partial charge on any atom is -0.481 e. The summed E-state index contributed by atoms with van der Waals surface area (Å²) in [6.07, 6.45) is -1.42. The molecule has 1 aromatic heterocycles. The van der Waals surface area contributed by atoms with Gasteiger partial charge in [0.15, 0.2) is 0 Å². The largest absolute Gasteiger partial charge is 0.481 e. The van der Waals surface area contributed by atoms with Crippen LogP contribution in [0.15, 0.2) is 42.5 Å². The van der Waals surface area contributed by atoms with E-state index in [0.717, 1.165) is 22.2 Å². The van der Waals surface area contributed by atoms with Gasteiger partial charge in [0.05, 0.1) is 24.5 Å². The van der Waals surface area contributed by atoms with E-state index in [2.05, 4.69) is 5.32 Å². The second-order valence-electron chi connectivity index (χ2n) is 10.3. The molecule has 0 radical (unpaired) electrons. The number of aromatic nitrogens is 1. The van der Waals surface area contributed by atoms with E-state index < -0.39 is 35.8 Å². The topological polar surface area (TPSA) is 112 Å². The standard InChI is InChI=1S/C29H29ClF2N4O5/c30-21-6-3-4-17(28(21)32)13-33-29(41)23-12-18(31)14-36(23)26(38)16-35-22-7-2-1-5-19(22)20-10-11-34(15-24(20)35)25(37)8-9-27(39)40/h1-7,18,23H,8-16H2,(H,33,41)(H,39,40)/t18-,23+/m1/s1. The Morgan fingerprint density at radius 1 is 1.05 bits per heavy atom. The highest BCUT2D eigenvalue weighted by Gasteiger charge is 2.40. The third-order valence-electron chi connectivity index (χ3n) is 7.72. The summed E-state index contributed by atoms with van der Waals surface area (Å²) in [5, 5.41) is 12.4. The Kier molecular flexibility index (Phi) is 8.25. The number of likely N-dealkylation sites (tertiary alicyclic amines) is 1. The Morgan fingerprint density at radius 3 is 2.61 bits per heavy atom. The van der Waals surface area contributed by atoms with Gasteiger partial charge >= 0.3 is 5.97 Å². The second-order valence-corrected chi connectivity index (χ2v) is 10.7. The Bertz CT molecular complexity index is 1530. The van der Waals surface area contributed by atoms with Gasteiger partial charge in [-0.05, 0) is 24.1 Å². The number of carboxylic acid groups (broad SMARTS) is 1. The van der Waals surface area contributed by atoms with Crippen LogP contribution in [0.3, 0.4) is 0 Å². The van der Waals surface area contributed by atoms with Crippen LogP contribution in [-0.4, -0.2) is 68.5 Å². The van der Waals surface area contributed by atoms with Crippen molar-refractivity contribution in [1.29, 1.82) is 0 Å². The SMILES string of the molecule is O=C(O)CCC(=O)N1CCc2c(n(CC(=O)N3C[C@H](F)C[C@H]3C(=O)NCc3cccc(Cl)c3F)c3ccccc23)C1. The van der Waals surface area contributed by atoms with Crippen LogP contribution in [0.5, 0.6) is 0 Å². The van der Waals surface area contributed by atoms with Gasteiger partial charge in [-0.1, -0.05) is 41.9 Å². The zero-order valence-electron chi connectivity index (χ0n) is 22.1. The summed E-state index contributed by atoms with van der Waals surface area (Å²) in [5.41, 5.74) is 2.70. The fourth-order valence-electron chi connectivity index (χ4n) is 5.68. The number of alkyl halides is 1. The highest BCUT2D eigenvalue weighted by atomic mass is 35.5. The van der Waals surface area contributed by atoms with E-state index in [1.807, 2.05) is 24.3 Å². The van der Waals surface area contributed by atoms with Crippen molar-refractivity contribution in [2.24, 2.45) is 0 Å². The molecule has 3 amide bonds. The zero-order valence-corrected chi connectivity index (χ0v) is 22.9. The first-order chi connectivity index (χ1) is 19.6. The maximum absolute atomic E-state index is 14.6. The van der Waals surface area contributed by atoms with Crippen molar-refractivity contribution in [3.63, 3.8) is 0 Å². The van der Waals surface area contributed by atoms with E-state index in [9.17, 15) is 28.0 Å². The predicted octanol–water partition coefficient (Wildman–Crippen LogP) is 3.44. The first kappa shape index (κ1) is 28.5. The maximum atomic E-state index is 14.6. The lowest BCUT2D eigenvalue weighted by atomic mass is 10.0. The van der Waals surface area contributed by atoms with Gasteiger partial charge in [0.2, 0.25) is 17.7 Å². The summed E-state index contributed by atoms with van der Waals surface area (Å²) < 4.78 is 30.6. The van der Waals surface area contributed by atoms with Gasteiger partial charge in [0, 0.05) is 48.1 Å². The van der Waals surface area contributed by atoms with Crippen LogP contribution in [0.4, 0.5) is 8.78 Å². The lowest BCUT2D eigenvalue weighted by Gasteiger charge is -2.29.